The van der Waals surface area contributed by atoms with Crippen LogP contribution < -0.4 is 10.6 Å². The van der Waals surface area contributed by atoms with E-state index in [4.69, 9.17) is 0 Å². The summed E-state index contributed by atoms with van der Waals surface area (Å²) in [6.45, 7) is 4.33. The number of nitrogens with one attached hydrogen (secondary N) is 3. The van der Waals surface area contributed by atoms with Gasteiger partial charge in [-0.1, -0.05) is 13.8 Å². The summed E-state index contributed by atoms with van der Waals surface area (Å²) in [5.74, 6) is 2.33. The molecule has 2 aromatic heterocycles. The van der Waals surface area contributed by atoms with Gasteiger partial charge in [0.15, 0.2) is 0 Å². The molecule has 0 unspecified atom stereocenters. The van der Waals surface area contributed by atoms with Crippen LogP contribution in [0, 0.1) is 5.92 Å². The maximum atomic E-state index is 12.1. The van der Waals surface area contributed by atoms with Crippen LogP contribution in [0.2, 0.25) is 0 Å². The van der Waals surface area contributed by atoms with E-state index < -0.39 is 0 Å². The highest BCUT2D eigenvalue weighted by Gasteiger charge is 2.28. The van der Waals surface area contributed by atoms with Crippen LogP contribution in [-0.4, -0.2) is 21.2 Å². The zero-order valence-corrected chi connectivity index (χ0v) is 12.9. The number of hydrogen-bond acceptors (Lipinski definition) is 3. The molecule has 6 heteroatoms. The fourth-order valence-electron chi connectivity index (χ4n) is 2.50. The van der Waals surface area contributed by atoms with E-state index in [2.05, 4.69) is 39.7 Å². The summed E-state index contributed by atoms with van der Waals surface area (Å²) in [6, 6.07) is 3.58. The molecule has 116 valence electrons. The summed E-state index contributed by atoms with van der Waals surface area (Å²) in [5, 5.41) is 12.4. The van der Waals surface area contributed by atoms with E-state index in [1.54, 1.807) is 12.4 Å². The molecule has 0 bridgehead atoms. The number of H-pyrrole nitrogens is 1. The quantitative estimate of drug-likeness (QED) is 0.790. The fourth-order valence-corrected chi connectivity index (χ4v) is 2.50. The van der Waals surface area contributed by atoms with Gasteiger partial charge in [-0.3, -0.25) is 15.7 Å². The Balaban J connectivity index is 1.62. The number of aromatic nitrogens is 3. The first-order valence-electron chi connectivity index (χ1n) is 7.68. The number of nitrogens with zero attached hydrogens (tertiary/aromatic N) is 2. The Morgan fingerprint density at radius 2 is 2.23 bits per heavy atom. The summed E-state index contributed by atoms with van der Waals surface area (Å²) < 4.78 is 0. The average molecular weight is 299 g/mol. The van der Waals surface area contributed by atoms with Gasteiger partial charge in [0, 0.05) is 11.8 Å². The molecule has 0 spiro atoms. The van der Waals surface area contributed by atoms with Crippen molar-refractivity contribution in [3.05, 3.63) is 35.7 Å². The van der Waals surface area contributed by atoms with Gasteiger partial charge < -0.3 is 0 Å². The second kappa shape index (κ2) is 6.17. The number of aromatic amines is 1. The van der Waals surface area contributed by atoms with Crippen molar-refractivity contribution in [3.8, 4) is 0 Å². The Hall–Kier alpha value is -2.37. The van der Waals surface area contributed by atoms with Crippen molar-refractivity contribution >= 4 is 17.7 Å². The molecule has 2 heterocycles. The minimum atomic E-state index is -0.305. The summed E-state index contributed by atoms with van der Waals surface area (Å²) in [7, 11) is 0. The van der Waals surface area contributed by atoms with E-state index in [9.17, 15) is 4.79 Å². The van der Waals surface area contributed by atoms with E-state index in [1.807, 2.05) is 12.1 Å². The Bertz CT molecular complexity index is 660. The lowest BCUT2D eigenvalue weighted by atomic mass is 10.0. The van der Waals surface area contributed by atoms with Gasteiger partial charge in [-0.05, 0) is 48.8 Å². The summed E-state index contributed by atoms with van der Waals surface area (Å²) in [4.78, 5) is 16.3. The number of hydrogen-bond donors (Lipinski definition) is 3. The first-order chi connectivity index (χ1) is 10.6. The van der Waals surface area contributed by atoms with Gasteiger partial charge in [0.25, 0.3) is 0 Å². The van der Waals surface area contributed by atoms with Crippen molar-refractivity contribution in [2.24, 2.45) is 5.92 Å². The minimum Gasteiger partial charge on any atom is -0.292 e. The van der Waals surface area contributed by atoms with Gasteiger partial charge in [0.05, 0.1) is 6.20 Å². The third-order valence-corrected chi connectivity index (χ3v) is 3.63. The Morgan fingerprint density at radius 1 is 1.41 bits per heavy atom. The Morgan fingerprint density at radius 3 is 2.95 bits per heavy atom. The van der Waals surface area contributed by atoms with Gasteiger partial charge in [-0.15, -0.1) is 0 Å². The number of carbonyl (C=O) groups is 1. The van der Waals surface area contributed by atoms with Crippen LogP contribution in [0.5, 0.6) is 0 Å². The maximum Gasteiger partial charge on any atom is 0.326 e. The molecule has 1 aliphatic rings. The Labute approximate surface area is 129 Å². The average Bonchev–Trinajstić information content (AvgIpc) is 3.19. The topological polar surface area (TPSA) is 82.7 Å². The predicted molar refractivity (Wildman–Crippen MR) is 86.0 cm³/mol. The molecule has 22 heavy (non-hydrogen) atoms. The fraction of sp³-hybridized carbons (Fsp3) is 0.438. The number of pyridine rings is 1. The normalized spacial score (nSPS) is 14.1. The van der Waals surface area contributed by atoms with Gasteiger partial charge >= 0.3 is 6.03 Å². The SMILES string of the molecule is CC(C)Cc1ccnc(NC(=O)Nc2[nH]ncc2C2CC2)c1. The molecule has 1 saturated carbocycles. The number of urea groups is 1. The summed E-state index contributed by atoms with van der Waals surface area (Å²) in [6.07, 6.45) is 6.79. The molecule has 0 radical (unpaired) electrons. The van der Waals surface area contributed by atoms with Crippen molar-refractivity contribution < 1.29 is 4.79 Å². The standard InChI is InChI=1S/C16H21N5O/c1-10(2)7-11-5-6-17-14(8-11)19-16(22)20-15-13(9-18-21-15)12-3-4-12/h5-6,8-10,12H,3-4,7H2,1-2H3,(H3,17,18,19,20,21,22). The number of rotatable bonds is 5. The molecule has 6 nitrogen and oxygen atoms in total. The van der Waals surface area contributed by atoms with E-state index in [0.717, 1.165) is 24.8 Å². The number of carbonyl (C=O) groups excluding carboxylic acids is 1. The van der Waals surface area contributed by atoms with E-state index in [1.165, 1.54) is 5.56 Å². The first kappa shape index (κ1) is 14.6. The van der Waals surface area contributed by atoms with Crippen molar-refractivity contribution in [2.45, 2.75) is 39.0 Å². The monoisotopic (exact) mass is 299 g/mol. The van der Waals surface area contributed by atoms with Crippen molar-refractivity contribution in [3.63, 3.8) is 0 Å². The van der Waals surface area contributed by atoms with Gasteiger partial charge in [-0.2, -0.15) is 5.10 Å². The smallest absolute Gasteiger partial charge is 0.292 e. The lowest BCUT2D eigenvalue weighted by Gasteiger charge is -2.09. The molecule has 3 N–H and O–H groups in total. The minimum absolute atomic E-state index is 0.305. The second-order valence-electron chi connectivity index (χ2n) is 6.20. The highest BCUT2D eigenvalue weighted by Crippen LogP contribution is 2.42. The molecule has 1 fully saturated rings. The molecule has 2 amide bonds. The van der Waals surface area contributed by atoms with Crippen LogP contribution in [0.15, 0.2) is 24.5 Å². The third-order valence-electron chi connectivity index (χ3n) is 3.63. The van der Waals surface area contributed by atoms with Crippen LogP contribution in [0.25, 0.3) is 0 Å². The zero-order chi connectivity index (χ0) is 15.5. The lowest BCUT2D eigenvalue weighted by Crippen LogP contribution is -2.21. The summed E-state index contributed by atoms with van der Waals surface area (Å²) in [5.41, 5.74) is 2.25. The summed E-state index contributed by atoms with van der Waals surface area (Å²) >= 11 is 0. The molecular formula is C16H21N5O. The molecule has 0 aliphatic heterocycles. The van der Waals surface area contributed by atoms with Gasteiger partial charge in [0.1, 0.15) is 11.6 Å². The van der Waals surface area contributed by atoms with Crippen LogP contribution in [0.1, 0.15) is 43.7 Å². The molecule has 3 rings (SSSR count). The highest BCUT2D eigenvalue weighted by atomic mass is 16.2. The first-order valence-corrected chi connectivity index (χ1v) is 7.68. The van der Waals surface area contributed by atoms with Crippen molar-refractivity contribution in [2.75, 3.05) is 10.6 Å². The van der Waals surface area contributed by atoms with Gasteiger partial charge in [-0.25, -0.2) is 9.78 Å². The predicted octanol–water partition coefficient (Wildman–Crippen LogP) is 3.52. The van der Waals surface area contributed by atoms with Gasteiger partial charge in [0.2, 0.25) is 0 Å². The van der Waals surface area contributed by atoms with Crippen LogP contribution >= 0.6 is 0 Å². The molecule has 0 atom stereocenters. The van der Waals surface area contributed by atoms with Crippen molar-refractivity contribution in [1.82, 2.24) is 15.2 Å². The number of anilines is 2. The molecule has 0 aromatic carbocycles. The maximum absolute atomic E-state index is 12.1. The van der Waals surface area contributed by atoms with Crippen LogP contribution in [0.3, 0.4) is 0 Å². The zero-order valence-electron chi connectivity index (χ0n) is 12.9. The molecule has 2 aromatic rings. The second-order valence-corrected chi connectivity index (χ2v) is 6.20. The van der Waals surface area contributed by atoms with Crippen molar-refractivity contribution in [1.29, 1.82) is 0 Å². The molecule has 1 aliphatic carbocycles. The molecular weight excluding hydrogens is 278 g/mol. The van der Waals surface area contributed by atoms with Crippen LogP contribution in [-0.2, 0) is 6.42 Å². The largest absolute Gasteiger partial charge is 0.326 e. The van der Waals surface area contributed by atoms with Crippen LogP contribution in [0.4, 0.5) is 16.4 Å². The number of amides is 2. The van der Waals surface area contributed by atoms with E-state index in [0.29, 0.717) is 23.5 Å². The van der Waals surface area contributed by atoms with E-state index in [-0.39, 0.29) is 6.03 Å². The molecule has 0 saturated heterocycles. The van der Waals surface area contributed by atoms with E-state index >= 15 is 0 Å². The lowest BCUT2D eigenvalue weighted by molar-refractivity contribution is 0.262. The Kier molecular flexibility index (Phi) is 4.09. The highest BCUT2D eigenvalue weighted by molar-refractivity contribution is 5.99. The third kappa shape index (κ3) is 3.63.